The van der Waals surface area contributed by atoms with Crippen LogP contribution in [0.2, 0.25) is 0 Å². The summed E-state index contributed by atoms with van der Waals surface area (Å²) in [6, 6.07) is 15.9. The summed E-state index contributed by atoms with van der Waals surface area (Å²) in [6.45, 7) is 1.62. The van der Waals surface area contributed by atoms with Gasteiger partial charge in [0.2, 0.25) is 17.1 Å². The van der Waals surface area contributed by atoms with Gasteiger partial charge in [-0.3, -0.25) is 9.59 Å². The van der Waals surface area contributed by atoms with Gasteiger partial charge in [0.25, 0.3) is 0 Å². The second-order valence-corrected chi connectivity index (χ2v) is 8.90. The Morgan fingerprint density at radius 2 is 1.76 bits per heavy atom. The Balaban J connectivity index is 1.85. The van der Waals surface area contributed by atoms with Crippen molar-refractivity contribution in [3.8, 4) is 28.4 Å². The van der Waals surface area contributed by atoms with E-state index < -0.39 is 6.10 Å². The monoisotopic (exact) mass is 504 g/mol. The number of amides is 1. The number of carbonyl (C=O) groups is 1. The van der Waals surface area contributed by atoms with E-state index in [1.165, 1.54) is 6.92 Å². The predicted molar refractivity (Wildman–Crippen MR) is 143 cm³/mol. The summed E-state index contributed by atoms with van der Waals surface area (Å²) >= 11 is 0. The van der Waals surface area contributed by atoms with Gasteiger partial charge in [0.1, 0.15) is 0 Å². The fourth-order valence-corrected chi connectivity index (χ4v) is 4.85. The smallest absolute Gasteiger partial charge is 0.217 e. The topological polar surface area (TPSA) is 106 Å². The van der Waals surface area contributed by atoms with Crippen LogP contribution in [-0.4, -0.2) is 38.9 Å². The molecule has 1 aliphatic carbocycles. The van der Waals surface area contributed by atoms with Gasteiger partial charge in [0, 0.05) is 19.0 Å². The molecule has 0 bridgehead atoms. The third-order valence-electron chi connectivity index (χ3n) is 6.59. The number of hydrogen-bond donors (Lipinski definition) is 3. The van der Waals surface area contributed by atoms with Crippen LogP contribution in [0.5, 0.6) is 17.2 Å². The number of ether oxygens (including phenoxy) is 3. The standard InChI is InChI=1S/C29H32N2O6/c1-17(32)31-22-12-10-19-14-26(35-2)28(36-3)29(37-4)27(19)20-11-13-23(24(33)15-21(20)22)30-16-25(34)18-8-6-5-7-9-18/h5-9,11,13-15,22,25,34H,10,12,16H2,1-4H3,(H,30,33)(H,31,32)/t22-,25?/m0/s1. The zero-order chi connectivity index (χ0) is 26.5. The molecule has 0 aliphatic heterocycles. The molecule has 0 radical (unpaired) electrons. The second-order valence-electron chi connectivity index (χ2n) is 8.90. The predicted octanol–water partition coefficient (Wildman–Crippen LogP) is 4.01. The maximum atomic E-state index is 13.3. The number of methoxy groups -OCH3 is 3. The van der Waals surface area contributed by atoms with E-state index in [1.54, 1.807) is 33.5 Å². The van der Waals surface area contributed by atoms with E-state index in [9.17, 15) is 14.7 Å². The van der Waals surface area contributed by atoms with Gasteiger partial charge in [-0.15, -0.1) is 0 Å². The average molecular weight is 505 g/mol. The Bertz CT molecular complexity index is 1340. The van der Waals surface area contributed by atoms with Gasteiger partial charge in [-0.2, -0.15) is 0 Å². The molecule has 37 heavy (non-hydrogen) atoms. The maximum absolute atomic E-state index is 13.3. The number of hydrogen-bond acceptors (Lipinski definition) is 7. The van der Waals surface area contributed by atoms with Gasteiger partial charge in [-0.1, -0.05) is 36.4 Å². The first-order valence-electron chi connectivity index (χ1n) is 12.1. The number of rotatable bonds is 8. The fourth-order valence-electron chi connectivity index (χ4n) is 4.85. The first-order valence-corrected chi connectivity index (χ1v) is 12.1. The Morgan fingerprint density at radius 3 is 2.41 bits per heavy atom. The number of benzene rings is 2. The highest BCUT2D eigenvalue weighted by Gasteiger charge is 2.29. The molecule has 0 saturated carbocycles. The molecule has 0 fully saturated rings. The van der Waals surface area contributed by atoms with E-state index in [4.69, 9.17) is 14.2 Å². The average Bonchev–Trinajstić information content (AvgIpc) is 3.15. The van der Waals surface area contributed by atoms with Crippen molar-refractivity contribution < 1.29 is 24.1 Å². The maximum Gasteiger partial charge on any atom is 0.217 e. The minimum Gasteiger partial charge on any atom is -0.493 e. The summed E-state index contributed by atoms with van der Waals surface area (Å²) in [4.78, 5) is 25.4. The number of aliphatic hydroxyl groups excluding tert-OH is 1. The summed E-state index contributed by atoms with van der Waals surface area (Å²) < 4.78 is 17.0. The van der Waals surface area contributed by atoms with Crippen molar-refractivity contribution in [2.75, 3.05) is 33.2 Å². The van der Waals surface area contributed by atoms with Crippen molar-refractivity contribution in [3.05, 3.63) is 81.5 Å². The molecule has 2 atom stereocenters. The molecular weight excluding hydrogens is 472 g/mol. The molecule has 8 heteroatoms. The Kier molecular flexibility index (Phi) is 7.98. The van der Waals surface area contributed by atoms with E-state index in [0.29, 0.717) is 41.3 Å². The van der Waals surface area contributed by atoms with E-state index in [2.05, 4.69) is 10.6 Å². The van der Waals surface area contributed by atoms with Crippen LogP contribution in [0.15, 0.2) is 59.4 Å². The van der Waals surface area contributed by atoms with Crippen LogP contribution in [0.1, 0.15) is 42.2 Å². The quantitative estimate of drug-likeness (QED) is 0.426. The van der Waals surface area contributed by atoms with E-state index >= 15 is 0 Å². The SMILES string of the molecule is COc1cc2c(c(OC)c1OC)-c1ccc(NCC(O)c3ccccc3)c(=O)cc1[C@@H](NC(C)=O)CC2. The van der Waals surface area contributed by atoms with Crippen molar-refractivity contribution in [2.45, 2.75) is 31.9 Å². The molecule has 0 aromatic heterocycles. The van der Waals surface area contributed by atoms with Crippen molar-refractivity contribution in [1.82, 2.24) is 5.32 Å². The molecular formula is C29H32N2O6. The first kappa shape index (κ1) is 26.0. The Labute approximate surface area is 216 Å². The van der Waals surface area contributed by atoms with Crippen LogP contribution < -0.4 is 30.3 Å². The molecule has 3 aromatic carbocycles. The van der Waals surface area contributed by atoms with E-state index in [0.717, 1.165) is 22.3 Å². The van der Waals surface area contributed by atoms with Gasteiger partial charge >= 0.3 is 0 Å². The highest BCUT2D eigenvalue weighted by molar-refractivity contribution is 5.83. The highest BCUT2D eigenvalue weighted by Crippen LogP contribution is 2.50. The lowest BCUT2D eigenvalue weighted by Crippen LogP contribution is -2.26. The van der Waals surface area contributed by atoms with Gasteiger partial charge in [0.05, 0.1) is 39.2 Å². The molecule has 1 amide bonds. The Morgan fingerprint density at radius 1 is 1.03 bits per heavy atom. The number of anilines is 1. The normalized spacial score (nSPS) is 14.9. The summed E-state index contributed by atoms with van der Waals surface area (Å²) in [6.07, 6.45) is 0.420. The molecule has 3 N–H and O–H groups in total. The molecule has 3 aromatic rings. The van der Waals surface area contributed by atoms with Gasteiger partial charge in [0.15, 0.2) is 11.5 Å². The Hall–Kier alpha value is -4.04. The molecule has 0 heterocycles. The molecule has 1 aliphatic rings. The summed E-state index contributed by atoms with van der Waals surface area (Å²) in [5.74, 6) is 1.30. The molecule has 4 rings (SSSR count). The van der Waals surface area contributed by atoms with Crippen molar-refractivity contribution in [2.24, 2.45) is 0 Å². The van der Waals surface area contributed by atoms with E-state index in [1.807, 2.05) is 42.5 Å². The van der Waals surface area contributed by atoms with Crippen molar-refractivity contribution in [1.29, 1.82) is 0 Å². The van der Waals surface area contributed by atoms with Crippen molar-refractivity contribution in [3.63, 3.8) is 0 Å². The van der Waals surface area contributed by atoms with Crippen molar-refractivity contribution >= 4 is 11.6 Å². The molecule has 194 valence electrons. The fraction of sp³-hybridized carbons (Fsp3) is 0.310. The lowest BCUT2D eigenvalue weighted by molar-refractivity contribution is -0.119. The first-order chi connectivity index (χ1) is 17.9. The largest absolute Gasteiger partial charge is 0.493 e. The van der Waals surface area contributed by atoms with Gasteiger partial charge in [-0.05, 0) is 53.3 Å². The van der Waals surface area contributed by atoms with Crippen LogP contribution in [0.25, 0.3) is 11.1 Å². The number of fused-ring (bicyclic) bond motifs is 3. The molecule has 0 saturated heterocycles. The summed E-state index contributed by atoms with van der Waals surface area (Å²) in [5.41, 5.74) is 4.01. The third-order valence-corrected chi connectivity index (χ3v) is 6.59. The van der Waals surface area contributed by atoms with Gasteiger partial charge in [-0.25, -0.2) is 0 Å². The number of aryl methyl sites for hydroxylation is 1. The summed E-state index contributed by atoms with van der Waals surface area (Å²) in [7, 11) is 4.68. The minimum absolute atomic E-state index is 0.161. The lowest BCUT2D eigenvalue weighted by atomic mass is 9.95. The zero-order valence-corrected chi connectivity index (χ0v) is 21.5. The van der Waals surface area contributed by atoms with Crippen LogP contribution in [0, 0.1) is 0 Å². The molecule has 8 nitrogen and oxygen atoms in total. The van der Waals surface area contributed by atoms with Crippen LogP contribution in [0.4, 0.5) is 5.69 Å². The van der Waals surface area contributed by atoms with E-state index in [-0.39, 0.29) is 23.9 Å². The number of aliphatic hydroxyl groups is 1. The summed E-state index contributed by atoms with van der Waals surface area (Å²) in [5, 5.41) is 16.7. The second kappa shape index (κ2) is 11.3. The number of carbonyl (C=O) groups excluding carboxylic acids is 1. The lowest BCUT2D eigenvalue weighted by Gasteiger charge is -2.19. The molecule has 0 spiro atoms. The third kappa shape index (κ3) is 5.39. The van der Waals surface area contributed by atoms with Crippen LogP contribution in [-0.2, 0) is 11.2 Å². The highest BCUT2D eigenvalue weighted by atomic mass is 16.5. The van der Waals surface area contributed by atoms with Crippen LogP contribution in [0.3, 0.4) is 0 Å². The van der Waals surface area contributed by atoms with Gasteiger partial charge < -0.3 is 30.0 Å². The minimum atomic E-state index is -0.784. The van der Waals surface area contributed by atoms with Crippen LogP contribution >= 0.6 is 0 Å². The molecule has 1 unspecified atom stereocenters. The zero-order valence-electron chi connectivity index (χ0n) is 21.5. The number of nitrogens with one attached hydrogen (secondary N) is 2.